The first kappa shape index (κ1) is 27.2. The average molecular weight is 589 g/mol. The van der Waals surface area contributed by atoms with E-state index >= 15 is 0 Å². The summed E-state index contributed by atoms with van der Waals surface area (Å²) in [5, 5.41) is 10.4. The molecule has 4 aromatic rings. The number of piperazine rings is 1. The summed E-state index contributed by atoms with van der Waals surface area (Å²) in [5.74, 6) is 0.816. The Morgan fingerprint density at radius 3 is 2.26 bits per heavy atom. The monoisotopic (exact) mass is 587 g/mol. The predicted molar refractivity (Wildman–Crippen MR) is 157 cm³/mol. The number of nitrogens with zero attached hydrogens (tertiary/aromatic N) is 4. The van der Waals surface area contributed by atoms with E-state index in [0.29, 0.717) is 28.4 Å². The van der Waals surface area contributed by atoms with Gasteiger partial charge in [-0.15, -0.1) is 11.3 Å². The van der Waals surface area contributed by atoms with Crippen molar-refractivity contribution in [2.45, 2.75) is 0 Å². The molecule has 0 atom stereocenters. The highest BCUT2D eigenvalue weighted by molar-refractivity contribution is 7.18. The third-order valence-electron chi connectivity index (χ3n) is 6.35. The van der Waals surface area contributed by atoms with Crippen molar-refractivity contribution in [2.75, 3.05) is 63.5 Å². The summed E-state index contributed by atoms with van der Waals surface area (Å²) in [6, 6.07) is 9.55. The number of halogens is 2. The largest absolute Gasteiger partial charge is 0.495 e. The third-order valence-corrected chi connectivity index (χ3v) is 8.07. The zero-order valence-corrected chi connectivity index (χ0v) is 23.9. The minimum Gasteiger partial charge on any atom is -0.495 e. The van der Waals surface area contributed by atoms with Gasteiger partial charge in [0.25, 0.3) is 5.91 Å². The Morgan fingerprint density at radius 1 is 0.974 bits per heavy atom. The van der Waals surface area contributed by atoms with E-state index in [1.807, 2.05) is 24.3 Å². The fraction of sp³-hybridized carbons (Fsp3) is 0.269. The lowest BCUT2D eigenvalue weighted by Crippen LogP contribution is -2.46. The highest BCUT2D eigenvalue weighted by Crippen LogP contribution is 2.44. The van der Waals surface area contributed by atoms with Crippen molar-refractivity contribution in [3.8, 4) is 11.5 Å². The molecule has 3 heterocycles. The molecule has 39 heavy (non-hydrogen) atoms. The smallest absolute Gasteiger partial charge is 0.258 e. The van der Waals surface area contributed by atoms with Crippen LogP contribution in [0.2, 0.25) is 10.0 Å². The van der Waals surface area contributed by atoms with E-state index in [2.05, 4.69) is 43.0 Å². The second-order valence-electron chi connectivity index (χ2n) is 8.89. The number of fused-ring (bicyclic) bond motifs is 1. The number of hydrogen-bond donors (Lipinski definition) is 3. The molecule has 0 radical (unpaired) electrons. The summed E-state index contributed by atoms with van der Waals surface area (Å²) >= 11 is 14.2. The van der Waals surface area contributed by atoms with Gasteiger partial charge in [-0.25, -0.2) is 15.0 Å². The van der Waals surface area contributed by atoms with E-state index in [1.165, 1.54) is 31.9 Å². The Labute approximate surface area is 239 Å². The number of rotatable bonds is 8. The number of carbonyl (C=O) groups excluding carboxylic acids is 1. The molecule has 1 amide bonds. The molecule has 1 fully saturated rings. The SMILES string of the molecule is COc1cc(OC)c(Cl)c(NC(=O)c2csc3c(Nc4ccc(NN5CCN(C)CC5)cc4)ncnc23)c1Cl. The second kappa shape index (κ2) is 11.8. The summed E-state index contributed by atoms with van der Waals surface area (Å²) in [7, 11) is 5.07. The summed E-state index contributed by atoms with van der Waals surface area (Å²) in [5.41, 5.74) is 6.39. The Balaban J connectivity index is 1.33. The van der Waals surface area contributed by atoms with Gasteiger partial charge in [-0.05, 0) is 31.3 Å². The summed E-state index contributed by atoms with van der Waals surface area (Å²) in [4.78, 5) is 24.4. The molecule has 13 heteroatoms. The molecule has 10 nitrogen and oxygen atoms in total. The van der Waals surface area contributed by atoms with Gasteiger partial charge in [-0.3, -0.25) is 4.79 Å². The van der Waals surface area contributed by atoms with Crippen LogP contribution in [0.3, 0.4) is 0 Å². The zero-order valence-electron chi connectivity index (χ0n) is 21.5. The van der Waals surface area contributed by atoms with Gasteiger partial charge in [-0.1, -0.05) is 23.2 Å². The lowest BCUT2D eigenvalue weighted by atomic mass is 10.2. The molecule has 0 spiro atoms. The quantitative estimate of drug-likeness (QED) is 0.243. The number of hydrazine groups is 1. The van der Waals surface area contributed by atoms with Crippen molar-refractivity contribution in [3.05, 3.63) is 57.6 Å². The van der Waals surface area contributed by atoms with Gasteiger partial charge in [0, 0.05) is 49.0 Å². The maximum atomic E-state index is 13.3. The molecule has 1 aliphatic rings. The van der Waals surface area contributed by atoms with Crippen molar-refractivity contribution in [3.63, 3.8) is 0 Å². The zero-order chi connectivity index (χ0) is 27.5. The van der Waals surface area contributed by atoms with Gasteiger partial charge in [0.05, 0.1) is 35.7 Å². The van der Waals surface area contributed by atoms with Gasteiger partial charge in [0.15, 0.2) is 5.82 Å². The first-order valence-electron chi connectivity index (χ1n) is 12.1. The van der Waals surface area contributed by atoms with Gasteiger partial charge in [0.2, 0.25) is 0 Å². The number of ether oxygens (including phenoxy) is 2. The molecule has 1 saturated heterocycles. The number of thiophene rings is 1. The number of likely N-dealkylation sites (N-methyl/N-ethyl adjacent to an activating group) is 1. The number of amides is 1. The number of aromatic nitrogens is 2. The molecule has 0 aliphatic carbocycles. The Hall–Kier alpha value is -3.35. The summed E-state index contributed by atoms with van der Waals surface area (Å²) in [6.45, 7) is 4.00. The minimum absolute atomic E-state index is 0.165. The lowest BCUT2D eigenvalue weighted by Gasteiger charge is -2.33. The van der Waals surface area contributed by atoms with Crippen LogP contribution in [0.5, 0.6) is 11.5 Å². The van der Waals surface area contributed by atoms with Crippen LogP contribution in [0.4, 0.5) is 22.9 Å². The van der Waals surface area contributed by atoms with Crippen LogP contribution in [0.25, 0.3) is 10.2 Å². The van der Waals surface area contributed by atoms with E-state index in [-0.39, 0.29) is 15.7 Å². The highest BCUT2D eigenvalue weighted by Gasteiger charge is 2.22. The topological polar surface area (TPSA) is 104 Å². The molecular weight excluding hydrogens is 561 g/mol. The highest BCUT2D eigenvalue weighted by atomic mass is 35.5. The Morgan fingerprint density at radius 2 is 1.62 bits per heavy atom. The Bertz CT molecular complexity index is 1460. The normalized spacial score (nSPS) is 14.3. The standard InChI is InChI=1S/C26H27Cl2N7O3S/c1-34-8-10-35(11-9-34)33-16-6-4-15(5-7-16)31-25-24-22(29-14-30-25)17(13-39-24)26(36)32-23-20(27)18(37-2)12-19(38-3)21(23)28/h4-7,12-14,33H,8-11H2,1-3H3,(H,32,36)(H,29,30,31). The molecule has 2 aromatic heterocycles. The van der Waals surface area contributed by atoms with Crippen LogP contribution in [0, 0.1) is 0 Å². The molecule has 3 N–H and O–H groups in total. The van der Waals surface area contributed by atoms with Gasteiger partial charge < -0.3 is 30.4 Å². The maximum absolute atomic E-state index is 13.3. The number of carbonyl (C=O) groups is 1. The number of hydrogen-bond acceptors (Lipinski definition) is 10. The average Bonchev–Trinajstić information content (AvgIpc) is 3.39. The van der Waals surface area contributed by atoms with Crippen LogP contribution in [0.15, 0.2) is 42.0 Å². The van der Waals surface area contributed by atoms with Crippen LogP contribution in [-0.2, 0) is 0 Å². The van der Waals surface area contributed by atoms with Gasteiger partial charge in [-0.2, -0.15) is 0 Å². The molecule has 0 bridgehead atoms. The van der Waals surface area contributed by atoms with Crippen LogP contribution < -0.4 is 25.5 Å². The van der Waals surface area contributed by atoms with Crippen molar-refractivity contribution in [1.29, 1.82) is 0 Å². The molecule has 5 rings (SSSR count). The van der Waals surface area contributed by atoms with Crippen molar-refractivity contribution >= 4 is 73.5 Å². The van der Waals surface area contributed by atoms with E-state index < -0.39 is 5.91 Å². The van der Waals surface area contributed by atoms with Gasteiger partial charge >= 0.3 is 0 Å². The third kappa shape index (κ3) is 5.82. The predicted octanol–water partition coefficient (Wildman–Crippen LogP) is 5.59. The van der Waals surface area contributed by atoms with Crippen LogP contribution in [0.1, 0.15) is 10.4 Å². The van der Waals surface area contributed by atoms with Crippen molar-refractivity contribution in [1.82, 2.24) is 19.9 Å². The van der Waals surface area contributed by atoms with Crippen molar-refractivity contribution < 1.29 is 14.3 Å². The molecular formula is C26H27Cl2N7O3S. The number of anilines is 4. The number of nitrogens with one attached hydrogen (secondary N) is 3. The maximum Gasteiger partial charge on any atom is 0.258 e. The van der Waals surface area contributed by atoms with E-state index in [9.17, 15) is 4.79 Å². The second-order valence-corrected chi connectivity index (χ2v) is 10.5. The molecule has 0 unspecified atom stereocenters. The minimum atomic E-state index is -0.427. The fourth-order valence-electron chi connectivity index (χ4n) is 4.14. The number of benzene rings is 2. The molecule has 2 aromatic carbocycles. The molecule has 0 saturated carbocycles. The van der Waals surface area contributed by atoms with Crippen LogP contribution in [-0.4, -0.2) is 73.2 Å². The van der Waals surface area contributed by atoms with Crippen LogP contribution >= 0.6 is 34.5 Å². The molecule has 1 aliphatic heterocycles. The van der Waals surface area contributed by atoms with Gasteiger partial charge in [0.1, 0.15) is 27.9 Å². The fourth-order valence-corrected chi connectivity index (χ4v) is 5.68. The van der Waals surface area contributed by atoms with E-state index in [4.69, 9.17) is 32.7 Å². The molecule has 204 valence electrons. The van der Waals surface area contributed by atoms with E-state index in [1.54, 1.807) is 11.4 Å². The first-order valence-corrected chi connectivity index (χ1v) is 13.7. The summed E-state index contributed by atoms with van der Waals surface area (Å²) < 4.78 is 11.3. The first-order chi connectivity index (χ1) is 18.9. The van der Waals surface area contributed by atoms with Crippen molar-refractivity contribution in [2.24, 2.45) is 0 Å². The van der Waals surface area contributed by atoms with E-state index in [0.717, 1.165) is 42.3 Å². The summed E-state index contributed by atoms with van der Waals surface area (Å²) in [6.07, 6.45) is 1.42. The number of methoxy groups -OCH3 is 2. The lowest BCUT2D eigenvalue weighted by molar-refractivity contribution is 0.102. The Kier molecular flexibility index (Phi) is 8.24.